The van der Waals surface area contributed by atoms with E-state index in [9.17, 15) is 14.4 Å². The van der Waals surface area contributed by atoms with Crippen LogP contribution in [0.4, 0.5) is 0 Å². The van der Waals surface area contributed by atoms with Crippen molar-refractivity contribution in [2.45, 2.75) is 59.3 Å². The average molecular weight is 281 g/mol. The van der Waals surface area contributed by atoms with Crippen LogP contribution in [-0.2, 0) is 14.4 Å². The van der Waals surface area contributed by atoms with Gasteiger partial charge in [-0.15, -0.1) is 0 Å². The van der Waals surface area contributed by atoms with Crippen molar-refractivity contribution in [2.24, 2.45) is 0 Å². The van der Waals surface area contributed by atoms with Gasteiger partial charge in [0.2, 0.25) is 0 Å². The van der Waals surface area contributed by atoms with Gasteiger partial charge in [-0.2, -0.15) is 0 Å². The van der Waals surface area contributed by atoms with Gasteiger partial charge < -0.3 is 21.5 Å². The lowest BCUT2D eigenvalue weighted by Gasteiger charge is -1.79. The second-order valence-electron chi connectivity index (χ2n) is 3.43. The van der Waals surface area contributed by atoms with Crippen LogP contribution in [0.25, 0.3) is 0 Å². The second kappa shape index (κ2) is 21.6. The van der Waals surface area contributed by atoms with E-state index in [1.165, 1.54) is 0 Å². The molecule has 0 aromatic rings. The first kappa shape index (κ1) is 26.0. The molecule has 0 aliphatic rings. The molecule has 0 bridgehead atoms. The first-order valence-corrected chi connectivity index (χ1v) is 5.97. The van der Waals surface area contributed by atoms with Crippen molar-refractivity contribution >= 4 is 17.9 Å². The van der Waals surface area contributed by atoms with Gasteiger partial charge in [0, 0.05) is 19.3 Å². The van der Waals surface area contributed by atoms with Crippen LogP contribution in [0.15, 0.2) is 0 Å². The number of rotatable bonds is 6. The van der Waals surface area contributed by atoms with E-state index in [4.69, 9.17) is 15.3 Å². The molecule has 7 nitrogen and oxygen atoms in total. The Kier molecular flexibility index (Phi) is 29.6. The number of carbonyl (C=O) groups is 3. The minimum absolute atomic E-state index is 0. The Labute approximate surface area is 114 Å². The molecular formula is C12H27NO6. The second-order valence-corrected chi connectivity index (χ2v) is 3.43. The topological polar surface area (TPSA) is 147 Å². The van der Waals surface area contributed by atoms with Crippen molar-refractivity contribution in [1.82, 2.24) is 6.15 Å². The highest BCUT2D eigenvalue weighted by atomic mass is 16.4. The van der Waals surface area contributed by atoms with E-state index in [1.54, 1.807) is 0 Å². The monoisotopic (exact) mass is 281 g/mol. The lowest BCUT2D eigenvalue weighted by Crippen LogP contribution is -1.90. The lowest BCUT2D eigenvalue weighted by molar-refractivity contribution is -0.138. The molecule has 0 heterocycles. The Balaban J connectivity index is -0.0000000865. The Morgan fingerprint density at radius 2 is 0.789 bits per heavy atom. The van der Waals surface area contributed by atoms with Gasteiger partial charge in [-0.1, -0.05) is 20.8 Å². The van der Waals surface area contributed by atoms with Crippen LogP contribution in [0.3, 0.4) is 0 Å². The maximum atomic E-state index is 9.60. The van der Waals surface area contributed by atoms with Crippen LogP contribution < -0.4 is 6.15 Å². The highest BCUT2D eigenvalue weighted by Gasteiger charge is 1.88. The third-order valence-corrected chi connectivity index (χ3v) is 1.39. The maximum absolute atomic E-state index is 9.60. The molecule has 0 atom stereocenters. The minimum atomic E-state index is -0.711. The molecule has 0 aromatic heterocycles. The van der Waals surface area contributed by atoms with Gasteiger partial charge in [0.05, 0.1) is 0 Å². The normalized spacial score (nSPS) is 7.74. The Morgan fingerprint density at radius 3 is 0.789 bits per heavy atom. The van der Waals surface area contributed by atoms with E-state index in [0.29, 0.717) is 19.3 Å². The Bertz CT molecular complexity index is 192. The molecule has 0 unspecified atom stereocenters. The molecule has 0 rings (SSSR count). The maximum Gasteiger partial charge on any atom is 0.303 e. The van der Waals surface area contributed by atoms with E-state index in [0.717, 1.165) is 19.3 Å². The molecule has 0 aromatic carbocycles. The molecule has 0 spiro atoms. The standard InChI is InChI=1S/3C4H8O2.H3N/c3*1-2-3-4(5)6;/h3*2-3H2,1H3,(H,5,6);1H3. The Hall–Kier alpha value is -1.63. The first-order chi connectivity index (χ1) is 8.31. The lowest BCUT2D eigenvalue weighted by atomic mass is 10.4. The van der Waals surface area contributed by atoms with Gasteiger partial charge in [-0.25, -0.2) is 0 Å². The van der Waals surface area contributed by atoms with Gasteiger partial charge in [0.1, 0.15) is 0 Å². The summed E-state index contributed by atoms with van der Waals surface area (Å²) in [4.78, 5) is 28.8. The summed E-state index contributed by atoms with van der Waals surface area (Å²) in [6, 6.07) is 0. The molecule has 19 heavy (non-hydrogen) atoms. The fourth-order valence-corrected chi connectivity index (χ4v) is 0.642. The number of aliphatic carboxylic acids is 3. The minimum Gasteiger partial charge on any atom is -0.481 e. The average Bonchev–Trinajstić information content (AvgIpc) is 2.18. The summed E-state index contributed by atoms with van der Waals surface area (Å²) in [5, 5.41) is 23.7. The van der Waals surface area contributed by atoms with Crippen molar-refractivity contribution in [3.63, 3.8) is 0 Å². The third kappa shape index (κ3) is 62.2. The van der Waals surface area contributed by atoms with Crippen molar-refractivity contribution < 1.29 is 29.7 Å². The van der Waals surface area contributed by atoms with E-state index < -0.39 is 17.9 Å². The zero-order valence-electron chi connectivity index (χ0n) is 12.0. The van der Waals surface area contributed by atoms with Crippen LogP contribution in [-0.4, -0.2) is 33.2 Å². The number of carboxylic acid groups (broad SMARTS) is 3. The fourth-order valence-electron chi connectivity index (χ4n) is 0.642. The van der Waals surface area contributed by atoms with Crippen LogP contribution in [0.2, 0.25) is 0 Å². The molecule has 0 radical (unpaired) electrons. The SMILES string of the molecule is CCCC(=O)O.CCCC(=O)O.CCCC(=O)O.N. The molecule has 0 saturated carbocycles. The summed E-state index contributed by atoms with van der Waals surface area (Å²) in [5.74, 6) is -2.13. The van der Waals surface area contributed by atoms with Gasteiger partial charge in [-0.3, -0.25) is 14.4 Å². The van der Waals surface area contributed by atoms with Gasteiger partial charge in [0.25, 0.3) is 0 Å². The van der Waals surface area contributed by atoms with Gasteiger partial charge in [-0.05, 0) is 19.3 Å². The predicted octanol–water partition coefficient (Wildman–Crippen LogP) is 2.78. The zero-order valence-corrected chi connectivity index (χ0v) is 12.0. The van der Waals surface area contributed by atoms with Crippen LogP contribution in [0.1, 0.15) is 59.3 Å². The molecule has 6 N–H and O–H groups in total. The van der Waals surface area contributed by atoms with Crippen molar-refractivity contribution in [2.75, 3.05) is 0 Å². The molecule has 0 fully saturated rings. The molecule has 0 aliphatic carbocycles. The van der Waals surface area contributed by atoms with Crippen molar-refractivity contribution in [3.8, 4) is 0 Å². The van der Waals surface area contributed by atoms with Crippen molar-refractivity contribution in [3.05, 3.63) is 0 Å². The Morgan fingerprint density at radius 1 is 0.632 bits per heavy atom. The molecule has 116 valence electrons. The van der Waals surface area contributed by atoms with Crippen molar-refractivity contribution in [1.29, 1.82) is 0 Å². The zero-order chi connectivity index (χ0) is 15.0. The van der Waals surface area contributed by atoms with E-state index in [2.05, 4.69) is 0 Å². The number of hydrogen-bond acceptors (Lipinski definition) is 4. The largest absolute Gasteiger partial charge is 0.481 e. The summed E-state index contributed by atoms with van der Waals surface area (Å²) in [7, 11) is 0. The molecule has 0 aliphatic heterocycles. The number of hydrogen-bond donors (Lipinski definition) is 4. The number of carboxylic acids is 3. The highest BCUT2D eigenvalue weighted by molar-refractivity contribution is 5.67. The van der Waals surface area contributed by atoms with E-state index in [1.807, 2.05) is 20.8 Å². The van der Waals surface area contributed by atoms with E-state index in [-0.39, 0.29) is 6.15 Å². The molecule has 0 amide bonds. The summed E-state index contributed by atoms with van der Waals surface area (Å²) in [6.45, 7) is 5.52. The molecular weight excluding hydrogens is 254 g/mol. The molecule has 7 heteroatoms. The van der Waals surface area contributed by atoms with Gasteiger partial charge >= 0.3 is 17.9 Å². The first-order valence-electron chi connectivity index (χ1n) is 5.97. The van der Waals surface area contributed by atoms with Crippen LogP contribution in [0.5, 0.6) is 0 Å². The van der Waals surface area contributed by atoms with E-state index >= 15 is 0 Å². The molecule has 0 saturated heterocycles. The smallest absolute Gasteiger partial charge is 0.303 e. The third-order valence-electron chi connectivity index (χ3n) is 1.39. The fraction of sp³-hybridized carbons (Fsp3) is 0.750. The summed E-state index contributed by atoms with van der Waals surface area (Å²) in [6.07, 6.45) is 3.07. The van der Waals surface area contributed by atoms with Crippen LogP contribution in [0, 0.1) is 0 Å². The summed E-state index contributed by atoms with van der Waals surface area (Å²) in [5.41, 5.74) is 0. The highest BCUT2D eigenvalue weighted by Crippen LogP contribution is 1.83. The quantitative estimate of drug-likeness (QED) is 0.585. The van der Waals surface area contributed by atoms with Gasteiger partial charge in [0.15, 0.2) is 0 Å². The predicted molar refractivity (Wildman–Crippen MR) is 72.7 cm³/mol. The summed E-state index contributed by atoms with van der Waals surface area (Å²) >= 11 is 0. The van der Waals surface area contributed by atoms with Crippen LogP contribution >= 0.6 is 0 Å². The summed E-state index contributed by atoms with van der Waals surface area (Å²) < 4.78 is 0.